The fourth-order valence-corrected chi connectivity index (χ4v) is 3.36. The number of nitrogens with zero attached hydrogens (tertiary/aromatic N) is 4. The van der Waals surface area contributed by atoms with Crippen LogP contribution >= 0.6 is 11.3 Å². The number of non-ortho nitro benzene ring substituents is 1. The Kier molecular flexibility index (Phi) is 5.41. The number of hydrogen-bond acceptors (Lipinski definition) is 9. The Bertz CT molecular complexity index is 1030. The summed E-state index contributed by atoms with van der Waals surface area (Å²) in [5.74, 6) is 0. The summed E-state index contributed by atoms with van der Waals surface area (Å²) in [5.41, 5.74) is 6.08. The number of rotatable bonds is 2. The second-order valence-electron chi connectivity index (χ2n) is 5.46. The lowest BCUT2D eigenvalue weighted by Crippen LogP contribution is -2.68. The number of aromatic nitrogens is 3. The third-order valence-electron chi connectivity index (χ3n) is 3.74. The van der Waals surface area contributed by atoms with Crippen LogP contribution in [0.25, 0.3) is 16.6 Å². The summed E-state index contributed by atoms with van der Waals surface area (Å²) in [4.78, 5) is 15.8. The molecule has 0 amide bonds. The van der Waals surface area contributed by atoms with Crippen LogP contribution in [0.1, 0.15) is 23.2 Å². The Hall–Kier alpha value is -2.54. The fraction of sp³-hybridized carbons (Fsp3) is 0.133. The van der Waals surface area contributed by atoms with Gasteiger partial charge in [-0.3, -0.25) is 10.1 Å². The van der Waals surface area contributed by atoms with E-state index in [0.717, 1.165) is 34.6 Å². The Morgan fingerprint density at radius 3 is 2.67 bits per heavy atom. The molecule has 1 aliphatic carbocycles. The highest BCUT2D eigenvalue weighted by molar-refractivity contribution is 7.14. The van der Waals surface area contributed by atoms with Crippen LogP contribution in [0, 0.1) is 20.4 Å². The van der Waals surface area contributed by atoms with Crippen molar-refractivity contribution in [1.82, 2.24) is 10.1 Å². The number of fused-ring (bicyclic) bond motifs is 3. The minimum absolute atomic E-state index is 0.105. The number of nitro benzene ring substituents is 1. The van der Waals surface area contributed by atoms with Gasteiger partial charge in [0, 0.05) is 23.3 Å². The first-order valence-electron chi connectivity index (χ1n) is 7.43. The lowest BCUT2D eigenvalue weighted by atomic mass is 10.1. The van der Waals surface area contributed by atoms with Crippen molar-refractivity contribution >= 4 is 33.6 Å². The summed E-state index contributed by atoms with van der Waals surface area (Å²) in [7, 11) is -4.94. The monoisotopic (exact) mass is 410 g/mol. The molecular weight excluding hydrogens is 400 g/mol. The molecule has 0 saturated carbocycles. The summed E-state index contributed by atoms with van der Waals surface area (Å²) in [6.45, 7) is 0. The average molecular weight is 411 g/mol. The largest absolute Gasteiger partial charge is 0.409 e. The van der Waals surface area contributed by atoms with Gasteiger partial charge in [-0.25, -0.2) is 18.6 Å². The van der Waals surface area contributed by atoms with Crippen LogP contribution in [0.15, 0.2) is 36.0 Å². The van der Waals surface area contributed by atoms with Gasteiger partial charge in [0.25, 0.3) is 5.69 Å². The molecule has 12 heteroatoms. The molecule has 0 unspecified atom stereocenters. The van der Waals surface area contributed by atoms with Gasteiger partial charge >= 0.3 is 4.96 Å². The minimum Gasteiger partial charge on any atom is -0.258 e. The van der Waals surface area contributed by atoms with Gasteiger partial charge in [-0.05, 0) is 40.8 Å². The summed E-state index contributed by atoms with van der Waals surface area (Å²) >= 11 is 1.49. The highest BCUT2D eigenvalue weighted by Crippen LogP contribution is 2.31. The first-order chi connectivity index (χ1) is 12.7. The minimum atomic E-state index is -4.94. The van der Waals surface area contributed by atoms with E-state index < -0.39 is 10.2 Å². The maximum atomic E-state index is 10.9. The maximum Gasteiger partial charge on any atom is 0.409 e. The molecular formula is C15H11ClN4O6S. The van der Waals surface area contributed by atoms with E-state index in [0.29, 0.717) is 0 Å². The van der Waals surface area contributed by atoms with Crippen LogP contribution < -0.4 is 23.2 Å². The average Bonchev–Trinajstić information content (AvgIpc) is 3.19. The van der Waals surface area contributed by atoms with Crippen molar-refractivity contribution in [2.24, 2.45) is 0 Å². The fourth-order valence-electron chi connectivity index (χ4n) is 2.77. The van der Waals surface area contributed by atoms with Crippen LogP contribution in [-0.2, 0) is 6.42 Å². The first-order valence-corrected chi connectivity index (χ1v) is 9.54. The summed E-state index contributed by atoms with van der Waals surface area (Å²) < 4.78 is 35.8. The standard InChI is InChI=1S/C15H11N4O2S.ClHO4/c20-19(21)13-3-1-2-10(7-13)6-11-4-5-12-8-16-15-18(14(11)12)17-9-22-15;2-1(3,4)5/h1-3,6-9H,4-5H2;(H,2,3,4,5)/q+1;/p-1/b11-6+;. The van der Waals surface area contributed by atoms with E-state index >= 15 is 0 Å². The van der Waals surface area contributed by atoms with E-state index in [-0.39, 0.29) is 10.6 Å². The smallest absolute Gasteiger partial charge is 0.258 e. The van der Waals surface area contributed by atoms with E-state index in [2.05, 4.69) is 10.1 Å². The molecule has 0 fully saturated rings. The van der Waals surface area contributed by atoms with Crippen LogP contribution in [-0.4, -0.2) is 15.0 Å². The van der Waals surface area contributed by atoms with Crippen molar-refractivity contribution in [1.29, 1.82) is 0 Å². The molecule has 0 aliphatic heterocycles. The molecule has 1 aliphatic rings. The molecule has 0 saturated heterocycles. The molecule has 2 aromatic heterocycles. The van der Waals surface area contributed by atoms with Crippen LogP contribution in [0.5, 0.6) is 0 Å². The second kappa shape index (κ2) is 7.60. The Morgan fingerprint density at radius 1 is 1.22 bits per heavy atom. The quantitative estimate of drug-likeness (QED) is 0.263. The molecule has 0 atom stereocenters. The normalized spacial score (nSPS) is 14.7. The van der Waals surface area contributed by atoms with Gasteiger partial charge in [-0.1, -0.05) is 21.7 Å². The molecule has 0 spiro atoms. The third kappa shape index (κ3) is 4.80. The molecule has 0 N–H and O–H groups in total. The van der Waals surface area contributed by atoms with Gasteiger partial charge in [0.15, 0.2) is 5.69 Å². The number of benzene rings is 1. The molecule has 10 nitrogen and oxygen atoms in total. The lowest BCUT2D eigenvalue weighted by molar-refractivity contribution is -2.00. The zero-order valence-electron chi connectivity index (χ0n) is 13.5. The van der Waals surface area contributed by atoms with Crippen LogP contribution in [0.2, 0.25) is 0 Å². The number of halogens is 1. The van der Waals surface area contributed by atoms with E-state index in [4.69, 9.17) is 18.6 Å². The summed E-state index contributed by atoms with van der Waals surface area (Å²) in [6, 6.07) is 6.68. The molecule has 0 bridgehead atoms. The lowest BCUT2D eigenvalue weighted by Gasteiger charge is -2.17. The molecule has 0 radical (unpaired) electrons. The highest BCUT2D eigenvalue weighted by atomic mass is 35.7. The predicted molar refractivity (Wildman–Crippen MR) is 82.4 cm³/mol. The van der Waals surface area contributed by atoms with Crippen molar-refractivity contribution in [3.63, 3.8) is 0 Å². The van der Waals surface area contributed by atoms with Gasteiger partial charge in [0.1, 0.15) is 11.7 Å². The zero-order chi connectivity index (χ0) is 19.6. The number of nitro groups is 1. The summed E-state index contributed by atoms with van der Waals surface area (Å²) in [6.07, 6.45) is 5.72. The summed E-state index contributed by atoms with van der Waals surface area (Å²) in [5, 5.41) is 15.2. The van der Waals surface area contributed by atoms with Gasteiger partial charge in [0.05, 0.1) is 4.92 Å². The molecule has 1 aromatic carbocycles. The first kappa shape index (κ1) is 19.2. The van der Waals surface area contributed by atoms with E-state index in [1.54, 1.807) is 17.6 Å². The van der Waals surface area contributed by atoms with Crippen molar-refractivity contribution in [2.75, 3.05) is 0 Å². The van der Waals surface area contributed by atoms with Gasteiger partial charge in [0.2, 0.25) is 0 Å². The number of hydrogen-bond donors (Lipinski definition) is 0. The van der Waals surface area contributed by atoms with Crippen molar-refractivity contribution in [3.05, 3.63) is 62.9 Å². The Labute approximate surface area is 158 Å². The zero-order valence-corrected chi connectivity index (χ0v) is 15.1. The number of allylic oxidation sites excluding steroid dienone is 1. The molecule has 140 valence electrons. The Morgan fingerprint density at radius 2 is 1.96 bits per heavy atom. The van der Waals surface area contributed by atoms with E-state index in [1.807, 2.05) is 22.9 Å². The van der Waals surface area contributed by atoms with Crippen LogP contribution in [0.3, 0.4) is 0 Å². The SMILES string of the molecule is O=[N+]([O-])c1cccc(/C=C2\CCc3cnc4scn[n+]4c32)c1.[O-][Cl+3]([O-])([O-])[O-]. The molecule has 2 heterocycles. The molecule has 4 rings (SSSR count). The predicted octanol–water partition coefficient (Wildman–Crippen LogP) is -2.08. The van der Waals surface area contributed by atoms with Gasteiger partial charge in [-0.2, -0.15) is 0 Å². The van der Waals surface area contributed by atoms with Gasteiger partial charge < -0.3 is 0 Å². The molecule has 27 heavy (non-hydrogen) atoms. The van der Waals surface area contributed by atoms with Crippen LogP contribution in [0.4, 0.5) is 5.69 Å². The van der Waals surface area contributed by atoms with E-state index in [9.17, 15) is 10.1 Å². The topological polar surface area (TPSA) is 165 Å². The van der Waals surface area contributed by atoms with Crippen molar-refractivity contribution < 1.29 is 38.3 Å². The second-order valence-corrected chi connectivity index (χ2v) is 7.03. The third-order valence-corrected chi connectivity index (χ3v) is 4.43. The van der Waals surface area contributed by atoms with Crippen molar-refractivity contribution in [3.8, 4) is 0 Å². The Balaban J connectivity index is 0.000000376. The maximum absolute atomic E-state index is 10.9. The van der Waals surface area contributed by atoms with Crippen molar-refractivity contribution in [2.45, 2.75) is 12.8 Å². The number of aryl methyl sites for hydroxylation is 1. The highest BCUT2D eigenvalue weighted by Gasteiger charge is 2.27. The van der Waals surface area contributed by atoms with E-state index in [1.165, 1.54) is 23.0 Å². The molecule has 3 aromatic rings. The van der Waals surface area contributed by atoms with Gasteiger partial charge in [-0.15, -0.1) is 10.2 Å².